The molecule has 3 aromatic rings. The van der Waals surface area contributed by atoms with Crippen LogP contribution in [0.25, 0.3) is 10.9 Å². The lowest BCUT2D eigenvalue weighted by Crippen LogP contribution is -2.45. The zero-order valence-corrected chi connectivity index (χ0v) is 17.5. The van der Waals surface area contributed by atoms with Crippen LogP contribution in [0.1, 0.15) is 43.7 Å². The van der Waals surface area contributed by atoms with Gasteiger partial charge in [-0.15, -0.1) is 0 Å². The molecule has 0 radical (unpaired) electrons. The minimum atomic E-state index is -4.57. The molecule has 4 N–H and O–H groups in total. The Morgan fingerprint density at radius 1 is 1.30 bits per heavy atom. The number of nitrogens with one attached hydrogen (secondary N) is 2. The molecule has 0 spiro atoms. The second kappa shape index (κ2) is 8.51. The quantitative estimate of drug-likeness (QED) is 0.482. The van der Waals surface area contributed by atoms with Crippen molar-refractivity contribution < 1.29 is 17.6 Å². The Labute approximate surface area is 186 Å². The molecule has 1 aromatic carbocycles. The van der Waals surface area contributed by atoms with Gasteiger partial charge in [0, 0.05) is 11.9 Å². The van der Waals surface area contributed by atoms with Gasteiger partial charge in [0.05, 0.1) is 18.0 Å². The number of benzene rings is 1. The van der Waals surface area contributed by atoms with Gasteiger partial charge in [-0.1, -0.05) is 25.0 Å². The van der Waals surface area contributed by atoms with Crippen molar-refractivity contribution in [2.24, 2.45) is 5.73 Å². The number of nitrogens with zero attached hydrogens (tertiary/aromatic N) is 3. The number of fused-ring (bicyclic) bond motifs is 1. The third-order valence-electron chi connectivity index (χ3n) is 6.20. The first kappa shape index (κ1) is 22.8. The van der Waals surface area contributed by atoms with Crippen molar-refractivity contribution in [2.45, 2.75) is 56.0 Å². The van der Waals surface area contributed by atoms with Gasteiger partial charge in [-0.2, -0.15) is 23.5 Å². The summed E-state index contributed by atoms with van der Waals surface area (Å²) < 4.78 is 55.3. The summed E-state index contributed by atoms with van der Waals surface area (Å²) in [6.45, 7) is 0. The molecule has 0 aliphatic heterocycles. The van der Waals surface area contributed by atoms with E-state index in [0.29, 0.717) is 24.0 Å². The van der Waals surface area contributed by atoms with E-state index in [1.165, 1.54) is 35.1 Å². The van der Waals surface area contributed by atoms with E-state index in [9.17, 15) is 23.2 Å². The van der Waals surface area contributed by atoms with Crippen molar-refractivity contribution in [1.29, 1.82) is 5.26 Å². The fourth-order valence-corrected chi connectivity index (χ4v) is 4.43. The van der Waals surface area contributed by atoms with Crippen LogP contribution in [0.5, 0.6) is 0 Å². The number of H-pyrrole nitrogens is 1. The Kier molecular flexibility index (Phi) is 5.88. The molecule has 2 aromatic heterocycles. The Hall–Kier alpha value is -3.39. The largest absolute Gasteiger partial charge is 0.407 e. The number of halogens is 4. The second-order valence-electron chi connectivity index (χ2n) is 8.25. The molecule has 174 valence electrons. The molecule has 0 saturated heterocycles. The highest BCUT2D eigenvalue weighted by molar-refractivity contribution is 5.91. The molecule has 4 rings (SSSR count). The first-order valence-electron chi connectivity index (χ1n) is 10.5. The maximum Gasteiger partial charge on any atom is 0.407 e. The highest BCUT2D eigenvalue weighted by Crippen LogP contribution is 2.42. The Bertz CT molecular complexity index is 1240. The molecule has 11 heteroatoms. The van der Waals surface area contributed by atoms with Crippen molar-refractivity contribution in [3.8, 4) is 6.07 Å². The molecule has 3 atom stereocenters. The molecular weight excluding hydrogens is 440 g/mol. The van der Waals surface area contributed by atoms with Gasteiger partial charge in [-0.25, -0.2) is 4.39 Å². The van der Waals surface area contributed by atoms with Crippen molar-refractivity contribution in [3.63, 3.8) is 0 Å². The number of hydrogen-bond donors (Lipinski definition) is 3. The first-order valence-corrected chi connectivity index (χ1v) is 10.5. The van der Waals surface area contributed by atoms with E-state index in [0.717, 1.165) is 6.42 Å². The van der Waals surface area contributed by atoms with Crippen molar-refractivity contribution in [3.05, 3.63) is 52.4 Å². The summed E-state index contributed by atoms with van der Waals surface area (Å²) >= 11 is 0. The fraction of sp³-hybridized carbons (Fsp3) is 0.409. The number of nitriles is 1. The van der Waals surface area contributed by atoms with Gasteiger partial charge in [0.15, 0.2) is 5.82 Å². The number of pyridine rings is 1. The van der Waals surface area contributed by atoms with E-state index < -0.39 is 29.5 Å². The first-order chi connectivity index (χ1) is 15.7. The lowest BCUT2D eigenvalue weighted by Gasteiger charge is -2.39. The van der Waals surface area contributed by atoms with Crippen LogP contribution < -0.4 is 16.6 Å². The van der Waals surface area contributed by atoms with E-state index in [1.54, 1.807) is 6.07 Å². The van der Waals surface area contributed by atoms with Crippen LogP contribution in [0.4, 0.5) is 29.1 Å². The van der Waals surface area contributed by atoms with Crippen LogP contribution in [0.3, 0.4) is 0 Å². The van der Waals surface area contributed by atoms with Crippen LogP contribution >= 0.6 is 0 Å². The van der Waals surface area contributed by atoms with E-state index in [-0.39, 0.29) is 29.6 Å². The summed E-state index contributed by atoms with van der Waals surface area (Å²) in [6.07, 6.45) is -2.47. The lowest BCUT2D eigenvalue weighted by atomic mass is 9.78. The molecule has 0 amide bonds. The summed E-state index contributed by atoms with van der Waals surface area (Å²) in [4.78, 5) is 15.2. The van der Waals surface area contributed by atoms with Crippen molar-refractivity contribution in [1.82, 2.24) is 14.8 Å². The van der Waals surface area contributed by atoms with Crippen molar-refractivity contribution in [2.75, 3.05) is 5.32 Å². The third-order valence-corrected chi connectivity index (χ3v) is 6.20. The molecule has 0 bridgehead atoms. The average Bonchev–Trinajstić information content (AvgIpc) is 3.15. The molecule has 33 heavy (non-hydrogen) atoms. The summed E-state index contributed by atoms with van der Waals surface area (Å²) in [6, 6.07) is 6.81. The molecule has 1 aliphatic carbocycles. The monoisotopic (exact) mass is 462 g/mol. The number of aromatic amines is 1. The number of hydrogen-bond acceptors (Lipinski definition) is 5. The second-order valence-corrected chi connectivity index (χ2v) is 8.25. The minimum Gasteiger partial charge on any atom is -0.338 e. The Morgan fingerprint density at radius 3 is 2.67 bits per heavy atom. The van der Waals surface area contributed by atoms with Crippen LogP contribution in [0, 0.1) is 11.3 Å². The summed E-state index contributed by atoms with van der Waals surface area (Å²) in [5, 5.41) is 17.0. The zero-order chi connectivity index (χ0) is 23.8. The number of aromatic nitrogens is 3. The Balaban J connectivity index is 1.77. The number of rotatable bonds is 5. The maximum atomic E-state index is 15.2. The number of nitrogens with two attached hydrogens (primary N) is 1. The van der Waals surface area contributed by atoms with Crippen LogP contribution in [-0.2, 0) is 5.54 Å². The molecule has 0 unspecified atom stereocenters. The van der Waals surface area contributed by atoms with Crippen LogP contribution in [-0.4, -0.2) is 27.1 Å². The Morgan fingerprint density at radius 2 is 2.03 bits per heavy atom. The van der Waals surface area contributed by atoms with E-state index in [2.05, 4.69) is 21.5 Å². The van der Waals surface area contributed by atoms with Gasteiger partial charge in [0.25, 0.3) is 5.56 Å². The van der Waals surface area contributed by atoms with Crippen LogP contribution in [0.15, 0.2) is 41.3 Å². The standard InChI is InChI=1S/C22H22F4N6O/c23-16-3-1-2-9-21(16,10-11-27)32-15-8-12-29-20(33)17(15)19(31-32)30-14-6-4-13(5-7-14)18(28)22(24,25)26/h4-8,12,16,18H,1-3,9-10,28H2,(H,29,33)(H,30,31)/t16-,18+,21-/m1/s1. The maximum absolute atomic E-state index is 15.2. The van der Waals surface area contributed by atoms with E-state index in [4.69, 9.17) is 5.73 Å². The predicted molar refractivity (Wildman–Crippen MR) is 115 cm³/mol. The topological polar surface area (TPSA) is 113 Å². The highest BCUT2D eigenvalue weighted by atomic mass is 19.4. The number of alkyl halides is 4. The van der Waals surface area contributed by atoms with Crippen LogP contribution in [0.2, 0.25) is 0 Å². The molecular formula is C22H22F4N6O. The van der Waals surface area contributed by atoms with Gasteiger partial charge in [-0.05, 0) is 36.6 Å². The lowest BCUT2D eigenvalue weighted by molar-refractivity contribution is -0.149. The molecule has 1 saturated carbocycles. The highest BCUT2D eigenvalue weighted by Gasteiger charge is 2.45. The fourth-order valence-electron chi connectivity index (χ4n) is 4.43. The average molecular weight is 462 g/mol. The number of anilines is 2. The smallest absolute Gasteiger partial charge is 0.338 e. The third kappa shape index (κ3) is 4.06. The molecule has 2 heterocycles. The summed E-state index contributed by atoms with van der Waals surface area (Å²) in [5.74, 6) is 0.120. The normalized spacial score (nSPS) is 22.1. The van der Waals surface area contributed by atoms with Crippen molar-refractivity contribution >= 4 is 22.4 Å². The van der Waals surface area contributed by atoms with Gasteiger partial charge in [0.2, 0.25) is 0 Å². The van der Waals surface area contributed by atoms with E-state index in [1.807, 2.05) is 0 Å². The summed E-state index contributed by atoms with van der Waals surface area (Å²) in [7, 11) is 0. The minimum absolute atomic E-state index is 0.110. The predicted octanol–water partition coefficient (Wildman–Crippen LogP) is 4.55. The van der Waals surface area contributed by atoms with Gasteiger partial charge in [0.1, 0.15) is 23.1 Å². The van der Waals surface area contributed by atoms with E-state index >= 15 is 4.39 Å². The zero-order valence-electron chi connectivity index (χ0n) is 17.5. The SMILES string of the molecule is N#CC[C@]1(n2nc(Nc3ccc([C@H](N)C(F)(F)F)cc3)c3c(=O)[nH]ccc32)CCCC[C@H]1F. The molecule has 1 fully saturated rings. The van der Waals surface area contributed by atoms with Gasteiger partial charge in [-0.3, -0.25) is 9.48 Å². The summed E-state index contributed by atoms with van der Waals surface area (Å²) in [5.41, 5.74) is 4.20. The molecule has 7 nitrogen and oxygen atoms in total. The van der Waals surface area contributed by atoms with Gasteiger partial charge >= 0.3 is 6.18 Å². The van der Waals surface area contributed by atoms with Gasteiger partial charge < -0.3 is 16.0 Å². The molecule has 1 aliphatic rings.